The van der Waals surface area contributed by atoms with Gasteiger partial charge in [-0.15, -0.1) is 0 Å². The number of aryl methyl sites for hydroxylation is 1. The molecule has 4 heterocycles. The summed E-state index contributed by atoms with van der Waals surface area (Å²) in [6.45, 7) is 3.23. The highest BCUT2D eigenvalue weighted by Gasteiger charge is 2.38. The molecule has 1 fully saturated rings. The minimum Gasteiger partial charge on any atom is -0.378 e. The number of pyridine rings is 2. The van der Waals surface area contributed by atoms with Crippen LogP contribution in [-0.2, 0) is 15.1 Å². The van der Waals surface area contributed by atoms with Gasteiger partial charge >= 0.3 is 0 Å². The summed E-state index contributed by atoms with van der Waals surface area (Å²) in [4.78, 5) is 13.3. The standard InChI is InChI=1S/C17H17ClN4O2/c1-11-5-14(17(23-2)3-4-24-9-17)21-16(6-11)22-10-20-12-8-19-15(18)7-13(12)22/h5-8,10H,3-4,9H2,1-2H3/t17-/m1/s1. The van der Waals surface area contributed by atoms with Crippen LogP contribution < -0.4 is 0 Å². The van der Waals surface area contributed by atoms with E-state index in [1.165, 1.54) is 0 Å². The third-order valence-corrected chi connectivity index (χ3v) is 4.65. The summed E-state index contributed by atoms with van der Waals surface area (Å²) in [5.41, 5.74) is 3.12. The van der Waals surface area contributed by atoms with Crippen LogP contribution in [0.25, 0.3) is 16.9 Å². The lowest BCUT2D eigenvalue weighted by molar-refractivity contribution is -0.0246. The number of methoxy groups -OCH3 is 1. The van der Waals surface area contributed by atoms with Gasteiger partial charge < -0.3 is 9.47 Å². The van der Waals surface area contributed by atoms with Crippen molar-refractivity contribution in [3.05, 3.63) is 47.1 Å². The lowest BCUT2D eigenvalue weighted by Gasteiger charge is -2.26. The third-order valence-electron chi connectivity index (χ3n) is 4.45. The highest BCUT2D eigenvalue weighted by Crippen LogP contribution is 2.34. The zero-order valence-electron chi connectivity index (χ0n) is 13.5. The predicted octanol–water partition coefficient (Wildman–Crippen LogP) is 3.04. The van der Waals surface area contributed by atoms with Gasteiger partial charge in [-0.25, -0.2) is 15.0 Å². The van der Waals surface area contributed by atoms with E-state index in [0.717, 1.165) is 34.5 Å². The van der Waals surface area contributed by atoms with Gasteiger partial charge in [-0.1, -0.05) is 11.6 Å². The molecular weight excluding hydrogens is 328 g/mol. The second kappa shape index (κ2) is 5.81. The fraction of sp³-hybridized carbons (Fsp3) is 0.353. The van der Waals surface area contributed by atoms with Crippen molar-refractivity contribution < 1.29 is 9.47 Å². The number of rotatable bonds is 3. The molecule has 1 saturated heterocycles. The molecule has 0 unspecified atom stereocenters. The first-order valence-corrected chi connectivity index (χ1v) is 8.10. The lowest BCUT2D eigenvalue weighted by Crippen LogP contribution is -2.30. The zero-order valence-corrected chi connectivity index (χ0v) is 14.2. The van der Waals surface area contributed by atoms with Crippen molar-refractivity contribution in [3.63, 3.8) is 0 Å². The van der Waals surface area contributed by atoms with Gasteiger partial charge in [0.15, 0.2) is 0 Å². The Morgan fingerprint density at radius 3 is 2.92 bits per heavy atom. The summed E-state index contributed by atoms with van der Waals surface area (Å²) in [5, 5.41) is 0.426. The maximum absolute atomic E-state index is 6.04. The maximum Gasteiger partial charge on any atom is 0.139 e. The van der Waals surface area contributed by atoms with Crippen LogP contribution in [0.15, 0.2) is 30.7 Å². The first-order chi connectivity index (χ1) is 11.6. The predicted molar refractivity (Wildman–Crippen MR) is 90.5 cm³/mol. The van der Waals surface area contributed by atoms with E-state index < -0.39 is 5.60 Å². The summed E-state index contributed by atoms with van der Waals surface area (Å²) in [6, 6.07) is 5.85. The average Bonchev–Trinajstić information content (AvgIpc) is 3.21. The summed E-state index contributed by atoms with van der Waals surface area (Å²) in [6.07, 6.45) is 4.19. The van der Waals surface area contributed by atoms with Gasteiger partial charge in [0, 0.05) is 26.2 Å². The smallest absolute Gasteiger partial charge is 0.139 e. The molecule has 0 radical (unpaired) electrons. The first kappa shape index (κ1) is 15.5. The highest BCUT2D eigenvalue weighted by molar-refractivity contribution is 6.29. The number of aromatic nitrogens is 4. The van der Waals surface area contributed by atoms with Crippen LogP contribution in [0.4, 0.5) is 0 Å². The van der Waals surface area contributed by atoms with Gasteiger partial charge in [0.2, 0.25) is 0 Å². The molecule has 1 aliphatic rings. The molecule has 0 N–H and O–H groups in total. The number of ether oxygens (including phenoxy) is 2. The lowest BCUT2D eigenvalue weighted by atomic mass is 9.97. The number of fused-ring (bicyclic) bond motifs is 1. The van der Waals surface area contributed by atoms with E-state index in [1.54, 1.807) is 25.7 Å². The van der Waals surface area contributed by atoms with E-state index >= 15 is 0 Å². The van der Waals surface area contributed by atoms with E-state index in [-0.39, 0.29) is 0 Å². The summed E-state index contributed by atoms with van der Waals surface area (Å²) < 4.78 is 13.2. The topological polar surface area (TPSA) is 62.1 Å². The van der Waals surface area contributed by atoms with E-state index in [1.807, 2.05) is 17.6 Å². The van der Waals surface area contributed by atoms with Gasteiger partial charge in [-0.05, 0) is 24.6 Å². The normalized spacial score (nSPS) is 20.8. The Morgan fingerprint density at radius 2 is 2.17 bits per heavy atom. The maximum atomic E-state index is 6.04. The molecule has 0 saturated carbocycles. The molecule has 0 spiro atoms. The number of nitrogens with zero attached hydrogens (tertiary/aromatic N) is 4. The second-order valence-corrected chi connectivity index (χ2v) is 6.39. The molecule has 0 amide bonds. The molecule has 0 bridgehead atoms. The Balaban J connectivity index is 1.88. The fourth-order valence-corrected chi connectivity index (χ4v) is 3.24. The van der Waals surface area contributed by atoms with Crippen molar-refractivity contribution in [1.29, 1.82) is 0 Å². The van der Waals surface area contributed by atoms with Crippen molar-refractivity contribution in [1.82, 2.24) is 19.5 Å². The Labute approximate surface area is 144 Å². The highest BCUT2D eigenvalue weighted by atomic mass is 35.5. The van der Waals surface area contributed by atoms with Gasteiger partial charge in [0.1, 0.15) is 28.4 Å². The molecule has 3 aromatic rings. The molecule has 0 aliphatic carbocycles. The van der Waals surface area contributed by atoms with Crippen molar-refractivity contribution in [2.75, 3.05) is 20.3 Å². The molecule has 1 atom stereocenters. The van der Waals surface area contributed by atoms with Crippen molar-refractivity contribution in [2.45, 2.75) is 18.9 Å². The van der Waals surface area contributed by atoms with Gasteiger partial charge in [0.05, 0.1) is 24.0 Å². The summed E-state index contributed by atoms with van der Waals surface area (Å²) in [7, 11) is 1.70. The SMILES string of the molecule is CO[C@]1(c2cc(C)cc(-n3cnc4cnc(Cl)cc43)n2)CCOC1. The summed E-state index contributed by atoms with van der Waals surface area (Å²) >= 11 is 6.04. The number of imidazole rings is 1. The van der Waals surface area contributed by atoms with Crippen LogP contribution in [0.5, 0.6) is 0 Å². The van der Waals surface area contributed by atoms with Crippen LogP contribution in [-0.4, -0.2) is 39.8 Å². The van der Waals surface area contributed by atoms with Crippen molar-refractivity contribution in [3.8, 4) is 5.82 Å². The number of hydrogen-bond donors (Lipinski definition) is 0. The summed E-state index contributed by atoms with van der Waals surface area (Å²) in [5.74, 6) is 0.776. The van der Waals surface area contributed by atoms with Crippen molar-refractivity contribution >= 4 is 22.6 Å². The number of hydrogen-bond acceptors (Lipinski definition) is 5. The Bertz CT molecular complexity index is 903. The largest absolute Gasteiger partial charge is 0.378 e. The fourth-order valence-electron chi connectivity index (χ4n) is 3.09. The number of halogens is 1. The molecule has 3 aromatic heterocycles. The molecule has 4 rings (SSSR count). The molecular formula is C17H17ClN4O2. The first-order valence-electron chi connectivity index (χ1n) is 7.72. The minimum absolute atomic E-state index is 0.426. The Morgan fingerprint density at radius 1 is 1.29 bits per heavy atom. The molecule has 7 heteroatoms. The van der Waals surface area contributed by atoms with Crippen LogP contribution in [0.1, 0.15) is 17.7 Å². The molecule has 124 valence electrons. The van der Waals surface area contributed by atoms with Gasteiger partial charge in [-0.2, -0.15) is 0 Å². The molecule has 24 heavy (non-hydrogen) atoms. The minimum atomic E-state index is -0.490. The van der Waals surface area contributed by atoms with E-state index in [2.05, 4.69) is 16.0 Å². The van der Waals surface area contributed by atoms with Crippen LogP contribution in [0.2, 0.25) is 5.15 Å². The van der Waals surface area contributed by atoms with Crippen LogP contribution in [0.3, 0.4) is 0 Å². The Kier molecular flexibility index (Phi) is 3.75. The molecule has 0 aromatic carbocycles. The zero-order chi connectivity index (χ0) is 16.7. The Hall–Kier alpha value is -2.02. The van der Waals surface area contributed by atoms with E-state index in [0.29, 0.717) is 18.4 Å². The van der Waals surface area contributed by atoms with Crippen LogP contribution >= 0.6 is 11.6 Å². The van der Waals surface area contributed by atoms with Gasteiger partial charge in [-0.3, -0.25) is 4.57 Å². The third kappa shape index (κ3) is 2.47. The average molecular weight is 345 g/mol. The van der Waals surface area contributed by atoms with Crippen LogP contribution in [0, 0.1) is 6.92 Å². The van der Waals surface area contributed by atoms with Crippen molar-refractivity contribution in [2.24, 2.45) is 0 Å². The molecule has 6 nitrogen and oxygen atoms in total. The monoisotopic (exact) mass is 344 g/mol. The molecule has 1 aliphatic heterocycles. The second-order valence-electron chi connectivity index (χ2n) is 6.00. The quantitative estimate of drug-likeness (QED) is 0.683. The van der Waals surface area contributed by atoms with E-state index in [4.69, 9.17) is 26.1 Å². The van der Waals surface area contributed by atoms with Gasteiger partial charge in [0.25, 0.3) is 0 Å². The van der Waals surface area contributed by atoms with E-state index in [9.17, 15) is 0 Å².